The Bertz CT molecular complexity index is 537. The molecule has 19 heavy (non-hydrogen) atoms. The summed E-state index contributed by atoms with van der Waals surface area (Å²) in [7, 11) is 3.29. The molecule has 5 heteroatoms. The van der Waals surface area contributed by atoms with Gasteiger partial charge in [-0.25, -0.2) is 0 Å². The fraction of sp³-hybridized carbons (Fsp3) is 0.357. The summed E-state index contributed by atoms with van der Waals surface area (Å²) >= 11 is 0. The summed E-state index contributed by atoms with van der Waals surface area (Å²) in [6, 6.07) is 7.71. The van der Waals surface area contributed by atoms with E-state index in [2.05, 4.69) is 5.10 Å². The lowest BCUT2D eigenvalue weighted by Crippen LogP contribution is -2.04. The van der Waals surface area contributed by atoms with Crippen LogP contribution in [0.4, 0.5) is 0 Å². The van der Waals surface area contributed by atoms with Crippen LogP contribution in [0.3, 0.4) is 0 Å². The van der Waals surface area contributed by atoms with Crippen LogP contribution in [0, 0.1) is 0 Å². The smallest absolute Gasteiger partial charge is 0.219 e. The summed E-state index contributed by atoms with van der Waals surface area (Å²) in [6.45, 7) is 0.656. The van der Waals surface area contributed by atoms with Crippen LogP contribution in [0.25, 0.3) is 5.69 Å². The third kappa shape index (κ3) is 2.71. The fourth-order valence-corrected chi connectivity index (χ4v) is 2.03. The molecule has 0 unspecified atom stereocenters. The number of aryl methyl sites for hydroxylation is 1. The molecule has 0 spiro atoms. The zero-order valence-corrected chi connectivity index (χ0v) is 11.3. The summed E-state index contributed by atoms with van der Waals surface area (Å²) in [5.41, 5.74) is 7.46. The molecule has 1 aromatic heterocycles. The molecule has 0 radical (unpaired) electrons. The van der Waals surface area contributed by atoms with E-state index in [1.54, 1.807) is 18.9 Å². The van der Waals surface area contributed by atoms with Crippen molar-refractivity contribution in [3.63, 3.8) is 0 Å². The van der Waals surface area contributed by atoms with Crippen molar-refractivity contribution in [2.75, 3.05) is 20.8 Å². The quantitative estimate of drug-likeness (QED) is 0.861. The van der Waals surface area contributed by atoms with Gasteiger partial charge < -0.3 is 15.2 Å². The molecule has 2 aromatic rings. The number of methoxy groups -OCH3 is 2. The van der Waals surface area contributed by atoms with Gasteiger partial charge >= 0.3 is 0 Å². The van der Waals surface area contributed by atoms with Crippen molar-refractivity contribution in [2.45, 2.75) is 12.8 Å². The molecule has 0 bridgehead atoms. The van der Waals surface area contributed by atoms with Crippen molar-refractivity contribution in [2.24, 2.45) is 5.73 Å². The Labute approximate surface area is 112 Å². The lowest BCUT2D eigenvalue weighted by atomic mass is 10.2. The number of ether oxygens (including phenoxy) is 2. The topological polar surface area (TPSA) is 62.3 Å². The van der Waals surface area contributed by atoms with Crippen molar-refractivity contribution < 1.29 is 9.47 Å². The number of nitrogens with zero attached hydrogens (tertiary/aromatic N) is 2. The number of para-hydroxylation sites is 2. The van der Waals surface area contributed by atoms with E-state index in [0.29, 0.717) is 6.54 Å². The van der Waals surface area contributed by atoms with Gasteiger partial charge in [-0.3, -0.25) is 0 Å². The molecule has 5 nitrogen and oxygen atoms in total. The van der Waals surface area contributed by atoms with E-state index in [4.69, 9.17) is 15.2 Å². The first-order valence-electron chi connectivity index (χ1n) is 6.26. The van der Waals surface area contributed by atoms with E-state index < -0.39 is 0 Å². The highest BCUT2D eigenvalue weighted by Gasteiger charge is 2.15. The second-order valence-electron chi connectivity index (χ2n) is 4.15. The number of rotatable bonds is 6. The maximum Gasteiger partial charge on any atom is 0.219 e. The summed E-state index contributed by atoms with van der Waals surface area (Å²) in [5, 5.41) is 4.39. The van der Waals surface area contributed by atoms with Crippen LogP contribution in [0.2, 0.25) is 0 Å². The molecule has 0 amide bonds. The minimum Gasteiger partial charge on any atom is -0.494 e. The molecule has 2 rings (SSSR count). The highest BCUT2D eigenvalue weighted by atomic mass is 16.5. The van der Waals surface area contributed by atoms with Crippen LogP contribution in [-0.4, -0.2) is 30.5 Å². The van der Waals surface area contributed by atoms with E-state index >= 15 is 0 Å². The largest absolute Gasteiger partial charge is 0.494 e. The Hall–Kier alpha value is -2.01. The molecule has 2 N–H and O–H groups in total. The Morgan fingerprint density at radius 2 is 2.00 bits per heavy atom. The highest BCUT2D eigenvalue weighted by molar-refractivity contribution is 5.49. The molecule has 0 aliphatic heterocycles. The lowest BCUT2D eigenvalue weighted by molar-refractivity contribution is 0.372. The van der Waals surface area contributed by atoms with Gasteiger partial charge in [-0.1, -0.05) is 12.1 Å². The minimum atomic E-state index is 0.656. The molecular weight excluding hydrogens is 242 g/mol. The van der Waals surface area contributed by atoms with Crippen LogP contribution in [0.5, 0.6) is 11.6 Å². The van der Waals surface area contributed by atoms with Crippen molar-refractivity contribution in [3.8, 4) is 17.3 Å². The monoisotopic (exact) mass is 261 g/mol. The minimum absolute atomic E-state index is 0.656. The standard InChI is InChI=1S/C14H19N3O2/c1-18-13-8-4-3-7-12(13)17-14(19-2)11(10-16-17)6-5-9-15/h3-4,7-8,10H,5-6,9,15H2,1-2H3. The number of benzene rings is 1. The van der Waals surface area contributed by atoms with E-state index in [1.165, 1.54) is 0 Å². The van der Waals surface area contributed by atoms with Crippen LogP contribution in [0.15, 0.2) is 30.5 Å². The SMILES string of the molecule is COc1ccccc1-n1ncc(CCCN)c1OC. The summed E-state index contributed by atoms with van der Waals surface area (Å²) in [6.07, 6.45) is 3.59. The molecular formula is C14H19N3O2. The second kappa shape index (κ2) is 6.24. The van der Waals surface area contributed by atoms with Crippen LogP contribution < -0.4 is 15.2 Å². The van der Waals surface area contributed by atoms with Gasteiger partial charge in [-0.2, -0.15) is 9.78 Å². The maximum absolute atomic E-state index is 5.54. The third-order valence-electron chi connectivity index (χ3n) is 2.95. The molecule has 0 saturated carbocycles. The average molecular weight is 261 g/mol. The first-order valence-corrected chi connectivity index (χ1v) is 6.26. The zero-order chi connectivity index (χ0) is 13.7. The maximum atomic E-state index is 5.54. The number of nitrogens with two attached hydrogens (primary N) is 1. The van der Waals surface area contributed by atoms with E-state index in [0.717, 1.165) is 35.7 Å². The van der Waals surface area contributed by atoms with Gasteiger partial charge in [0.25, 0.3) is 0 Å². The molecule has 0 saturated heterocycles. The van der Waals surface area contributed by atoms with E-state index in [9.17, 15) is 0 Å². The van der Waals surface area contributed by atoms with Gasteiger partial charge in [0.15, 0.2) is 0 Å². The van der Waals surface area contributed by atoms with Crippen LogP contribution >= 0.6 is 0 Å². The number of aromatic nitrogens is 2. The summed E-state index contributed by atoms with van der Waals surface area (Å²) in [4.78, 5) is 0. The van der Waals surface area contributed by atoms with Gasteiger partial charge in [-0.05, 0) is 31.5 Å². The molecule has 1 heterocycles. The number of hydrogen-bond acceptors (Lipinski definition) is 4. The molecule has 0 fully saturated rings. The van der Waals surface area contributed by atoms with E-state index in [1.807, 2.05) is 30.5 Å². The first kappa shape index (κ1) is 13.4. The predicted octanol–water partition coefficient (Wildman–Crippen LogP) is 1.78. The average Bonchev–Trinajstić information content (AvgIpc) is 2.87. The van der Waals surface area contributed by atoms with Crippen LogP contribution in [-0.2, 0) is 6.42 Å². The molecule has 102 valence electrons. The van der Waals surface area contributed by atoms with Gasteiger partial charge in [0.1, 0.15) is 11.4 Å². The van der Waals surface area contributed by atoms with Gasteiger partial charge in [0, 0.05) is 5.56 Å². The summed E-state index contributed by atoms with van der Waals surface area (Å²) in [5.74, 6) is 1.49. The molecule has 0 atom stereocenters. The van der Waals surface area contributed by atoms with Crippen molar-refractivity contribution in [3.05, 3.63) is 36.0 Å². The van der Waals surface area contributed by atoms with Crippen molar-refractivity contribution in [1.82, 2.24) is 9.78 Å². The summed E-state index contributed by atoms with van der Waals surface area (Å²) < 4.78 is 12.6. The Kier molecular flexibility index (Phi) is 4.41. The third-order valence-corrected chi connectivity index (χ3v) is 2.95. The number of hydrogen-bond donors (Lipinski definition) is 1. The Morgan fingerprint density at radius 3 is 2.68 bits per heavy atom. The van der Waals surface area contributed by atoms with Crippen molar-refractivity contribution in [1.29, 1.82) is 0 Å². The highest BCUT2D eigenvalue weighted by Crippen LogP contribution is 2.28. The van der Waals surface area contributed by atoms with Gasteiger partial charge in [0.2, 0.25) is 5.88 Å². The van der Waals surface area contributed by atoms with Crippen LogP contribution in [0.1, 0.15) is 12.0 Å². The van der Waals surface area contributed by atoms with E-state index in [-0.39, 0.29) is 0 Å². The Balaban J connectivity index is 2.41. The first-order chi connectivity index (χ1) is 9.31. The zero-order valence-electron chi connectivity index (χ0n) is 11.3. The molecule has 1 aromatic carbocycles. The normalized spacial score (nSPS) is 10.5. The van der Waals surface area contributed by atoms with Gasteiger partial charge in [-0.15, -0.1) is 0 Å². The molecule has 0 aliphatic rings. The Morgan fingerprint density at radius 1 is 1.21 bits per heavy atom. The predicted molar refractivity (Wildman–Crippen MR) is 74.0 cm³/mol. The molecule has 0 aliphatic carbocycles. The lowest BCUT2D eigenvalue weighted by Gasteiger charge is -2.11. The van der Waals surface area contributed by atoms with Gasteiger partial charge in [0.05, 0.1) is 20.4 Å². The fourth-order valence-electron chi connectivity index (χ4n) is 2.03. The second-order valence-corrected chi connectivity index (χ2v) is 4.15. The van der Waals surface area contributed by atoms with Crippen molar-refractivity contribution >= 4 is 0 Å².